The van der Waals surface area contributed by atoms with Crippen molar-refractivity contribution < 1.29 is 9.50 Å². The quantitative estimate of drug-likeness (QED) is 0.785. The van der Waals surface area contributed by atoms with Gasteiger partial charge < -0.3 is 5.11 Å². The van der Waals surface area contributed by atoms with Crippen LogP contribution in [-0.2, 0) is 6.42 Å². The highest BCUT2D eigenvalue weighted by Gasteiger charge is 2.16. The van der Waals surface area contributed by atoms with Gasteiger partial charge in [0.1, 0.15) is 5.82 Å². The lowest BCUT2D eigenvalue weighted by atomic mass is 9.86. The molecule has 0 bridgehead atoms. The molecule has 1 aromatic rings. The highest BCUT2D eigenvalue weighted by atomic mass is 19.1. The van der Waals surface area contributed by atoms with Crippen LogP contribution in [0.15, 0.2) is 24.3 Å². The van der Waals surface area contributed by atoms with E-state index >= 15 is 0 Å². The van der Waals surface area contributed by atoms with Crippen LogP contribution in [0.4, 0.5) is 4.39 Å². The van der Waals surface area contributed by atoms with Crippen LogP contribution in [0.25, 0.3) is 0 Å². The summed E-state index contributed by atoms with van der Waals surface area (Å²) in [7, 11) is 0. The predicted octanol–water partition coefficient (Wildman–Crippen LogP) is 3.41. The molecule has 0 aliphatic carbocycles. The molecule has 0 saturated heterocycles. The summed E-state index contributed by atoms with van der Waals surface area (Å²) >= 11 is 0. The molecule has 0 spiro atoms. The zero-order valence-electron chi connectivity index (χ0n) is 10.1. The van der Waals surface area contributed by atoms with E-state index in [0.29, 0.717) is 5.92 Å². The topological polar surface area (TPSA) is 20.2 Å². The van der Waals surface area contributed by atoms with Gasteiger partial charge in [-0.3, -0.25) is 0 Å². The Labute approximate surface area is 97.3 Å². The molecule has 1 rings (SSSR count). The molecule has 1 N–H and O–H groups in total. The first-order valence-corrected chi connectivity index (χ1v) is 6.02. The number of rotatable bonds is 6. The van der Waals surface area contributed by atoms with Gasteiger partial charge in [0.2, 0.25) is 0 Å². The van der Waals surface area contributed by atoms with Crippen LogP contribution < -0.4 is 0 Å². The summed E-state index contributed by atoms with van der Waals surface area (Å²) in [6, 6.07) is 6.57. The smallest absolute Gasteiger partial charge is 0.123 e. The van der Waals surface area contributed by atoms with Gasteiger partial charge in [-0.2, -0.15) is 0 Å². The zero-order valence-corrected chi connectivity index (χ0v) is 10.1. The molecule has 0 aromatic heterocycles. The van der Waals surface area contributed by atoms with E-state index in [-0.39, 0.29) is 18.3 Å². The Morgan fingerprint density at radius 2 is 1.88 bits per heavy atom. The van der Waals surface area contributed by atoms with Crippen molar-refractivity contribution in [1.29, 1.82) is 0 Å². The minimum atomic E-state index is -0.203. The molecule has 16 heavy (non-hydrogen) atoms. The summed E-state index contributed by atoms with van der Waals surface area (Å²) in [6.45, 7) is 4.54. The highest BCUT2D eigenvalue weighted by molar-refractivity contribution is 5.16. The largest absolute Gasteiger partial charge is 0.396 e. The third kappa shape index (κ3) is 3.93. The van der Waals surface area contributed by atoms with Crippen LogP contribution in [0.1, 0.15) is 32.3 Å². The van der Waals surface area contributed by atoms with E-state index in [1.807, 2.05) is 0 Å². The Balaban J connectivity index is 2.59. The summed E-state index contributed by atoms with van der Waals surface area (Å²) in [4.78, 5) is 0. The average molecular weight is 224 g/mol. The van der Waals surface area contributed by atoms with E-state index in [1.54, 1.807) is 12.1 Å². The summed E-state index contributed by atoms with van der Waals surface area (Å²) in [5.41, 5.74) is 1.10. The second-order valence-electron chi connectivity index (χ2n) is 4.54. The molecule has 0 fully saturated rings. The Hall–Kier alpha value is -0.890. The maximum Gasteiger partial charge on any atom is 0.123 e. The second kappa shape index (κ2) is 6.64. The van der Waals surface area contributed by atoms with E-state index in [2.05, 4.69) is 13.8 Å². The van der Waals surface area contributed by atoms with E-state index in [0.717, 1.165) is 24.8 Å². The molecule has 0 aliphatic rings. The van der Waals surface area contributed by atoms with Gasteiger partial charge in [-0.25, -0.2) is 4.39 Å². The van der Waals surface area contributed by atoms with E-state index in [9.17, 15) is 9.50 Å². The Morgan fingerprint density at radius 3 is 2.38 bits per heavy atom. The van der Waals surface area contributed by atoms with Crippen molar-refractivity contribution in [3.8, 4) is 0 Å². The van der Waals surface area contributed by atoms with Crippen molar-refractivity contribution in [2.24, 2.45) is 11.8 Å². The van der Waals surface area contributed by atoms with Crippen molar-refractivity contribution in [1.82, 2.24) is 0 Å². The van der Waals surface area contributed by atoms with E-state index in [1.165, 1.54) is 12.1 Å². The van der Waals surface area contributed by atoms with Crippen LogP contribution in [0.5, 0.6) is 0 Å². The van der Waals surface area contributed by atoms with Crippen LogP contribution in [0.3, 0.4) is 0 Å². The molecule has 0 radical (unpaired) electrons. The average Bonchev–Trinajstić information content (AvgIpc) is 2.28. The fraction of sp³-hybridized carbons (Fsp3) is 0.571. The highest BCUT2D eigenvalue weighted by Crippen LogP contribution is 2.21. The first kappa shape index (κ1) is 13.2. The summed E-state index contributed by atoms with van der Waals surface area (Å²) in [5, 5.41) is 9.36. The number of hydrogen-bond donors (Lipinski definition) is 1. The second-order valence-corrected chi connectivity index (χ2v) is 4.54. The van der Waals surface area contributed by atoms with Crippen molar-refractivity contribution in [2.45, 2.75) is 33.1 Å². The predicted molar refractivity (Wildman–Crippen MR) is 64.8 cm³/mol. The van der Waals surface area contributed by atoms with Gasteiger partial charge in [-0.15, -0.1) is 0 Å². The number of aliphatic hydroxyl groups is 1. The fourth-order valence-electron chi connectivity index (χ4n) is 2.06. The van der Waals surface area contributed by atoms with Crippen LogP contribution in [0.2, 0.25) is 0 Å². The molecule has 1 nitrogen and oxygen atoms in total. The van der Waals surface area contributed by atoms with Crippen LogP contribution >= 0.6 is 0 Å². The number of aliphatic hydroxyl groups excluding tert-OH is 1. The molecule has 90 valence electrons. The van der Waals surface area contributed by atoms with Crippen molar-refractivity contribution in [3.05, 3.63) is 35.6 Å². The maximum absolute atomic E-state index is 12.7. The zero-order chi connectivity index (χ0) is 12.0. The molecular weight excluding hydrogens is 203 g/mol. The molecular formula is C14H21FO. The summed E-state index contributed by atoms with van der Waals surface area (Å²) < 4.78 is 12.7. The summed E-state index contributed by atoms with van der Waals surface area (Å²) in [5.74, 6) is 0.594. The lowest BCUT2D eigenvalue weighted by molar-refractivity contribution is 0.176. The summed E-state index contributed by atoms with van der Waals surface area (Å²) in [6.07, 6.45) is 3.10. The van der Waals surface area contributed by atoms with Gasteiger partial charge in [0, 0.05) is 6.61 Å². The number of hydrogen-bond acceptors (Lipinski definition) is 1. The third-order valence-corrected chi connectivity index (χ3v) is 3.19. The van der Waals surface area contributed by atoms with Crippen molar-refractivity contribution >= 4 is 0 Å². The Bertz CT molecular complexity index is 294. The minimum Gasteiger partial charge on any atom is -0.396 e. The number of benzene rings is 1. The van der Waals surface area contributed by atoms with Gasteiger partial charge in [0.15, 0.2) is 0 Å². The lowest BCUT2D eigenvalue weighted by Crippen LogP contribution is -2.18. The molecule has 2 atom stereocenters. The molecule has 2 heteroatoms. The van der Waals surface area contributed by atoms with E-state index in [4.69, 9.17) is 0 Å². The molecule has 0 heterocycles. The van der Waals surface area contributed by atoms with Gasteiger partial charge in [-0.05, 0) is 36.0 Å². The Morgan fingerprint density at radius 1 is 1.25 bits per heavy atom. The monoisotopic (exact) mass is 224 g/mol. The SMILES string of the molecule is CCCC(C)C(CO)Cc1ccc(F)cc1. The normalized spacial score (nSPS) is 14.8. The molecule has 2 unspecified atom stereocenters. The minimum absolute atomic E-state index is 0.203. The molecule has 0 saturated carbocycles. The van der Waals surface area contributed by atoms with Crippen molar-refractivity contribution in [2.75, 3.05) is 6.61 Å². The van der Waals surface area contributed by atoms with Gasteiger partial charge in [0.05, 0.1) is 0 Å². The molecule has 0 amide bonds. The fourth-order valence-corrected chi connectivity index (χ4v) is 2.06. The van der Waals surface area contributed by atoms with Crippen LogP contribution in [0, 0.1) is 17.7 Å². The maximum atomic E-state index is 12.7. The van der Waals surface area contributed by atoms with Gasteiger partial charge >= 0.3 is 0 Å². The molecule has 0 aliphatic heterocycles. The lowest BCUT2D eigenvalue weighted by Gasteiger charge is -2.21. The third-order valence-electron chi connectivity index (χ3n) is 3.19. The van der Waals surface area contributed by atoms with Gasteiger partial charge in [-0.1, -0.05) is 38.8 Å². The number of halogens is 1. The molecule has 1 aromatic carbocycles. The Kier molecular flexibility index (Phi) is 5.47. The first-order chi connectivity index (χ1) is 7.67. The van der Waals surface area contributed by atoms with Gasteiger partial charge in [0.25, 0.3) is 0 Å². The van der Waals surface area contributed by atoms with Crippen molar-refractivity contribution in [3.63, 3.8) is 0 Å². The van der Waals surface area contributed by atoms with Crippen LogP contribution in [-0.4, -0.2) is 11.7 Å². The van der Waals surface area contributed by atoms with E-state index < -0.39 is 0 Å². The first-order valence-electron chi connectivity index (χ1n) is 6.02. The standard InChI is InChI=1S/C14H21FO/c1-3-4-11(2)13(10-16)9-12-5-7-14(15)8-6-12/h5-8,11,13,16H,3-4,9-10H2,1-2H3.